The largest absolute Gasteiger partial charge is 0.354 e. The molecule has 119 heavy (non-hydrogen) atoms. The molecule has 10 atom stereocenters. The molecular formula is C84H108N30O5. The second-order valence-electron chi connectivity index (χ2n) is 24.9. The first-order chi connectivity index (χ1) is 80.2. The lowest BCUT2D eigenvalue weighted by Gasteiger charge is -2.41. The minimum atomic E-state index is -4.37. The molecule has 0 aliphatic carbocycles. The van der Waals surface area contributed by atoms with Crippen LogP contribution in [-0.2, 0) is 24.0 Å². The topological polar surface area (TPSA) is 347 Å². The zero-order valence-electron chi connectivity index (χ0n) is 124. The van der Waals surface area contributed by atoms with E-state index in [9.17, 15) is 25.3 Å². The minimum Gasteiger partial charge on any atom is -0.354 e. The Kier molecular flexibility index (Phi) is 12.4. The monoisotopic (exact) mass is 1680 g/mol. The first-order valence-electron chi connectivity index (χ1n) is 64.1. The third-order valence-corrected chi connectivity index (χ3v) is 16.9. The number of hydrogen-bond acceptors (Lipinski definition) is 20. The van der Waals surface area contributed by atoms with Crippen LogP contribution in [0.5, 0.6) is 0 Å². The lowest BCUT2D eigenvalue weighted by Crippen LogP contribution is -2.53. The maximum atomic E-state index is 13.1. The van der Waals surface area contributed by atoms with E-state index in [0.717, 1.165) is 67.1 Å². The smallest absolute Gasteiger partial charge is 0.302 e. The van der Waals surface area contributed by atoms with Gasteiger partial charge in [0.2, 0.25) is 0 Å². The highest BCUT2D eigenvalue weighted by Crippen LogP contribution is 2.36. The molecule has 0 unspecified atom stereocenters. The Bertz CT molecular complexity index is 8480. The van der Waals surface area contributed by atoms with Crippen LogP contribution in [0.1, 0.15) is 171 Å². The van der Waals surface area contributed by atoms with Gasteiger partial charge < -0.3 is 98.1 Å². The number of carbonyl (C=O) groups is 5. The van der Waals surface area contributed by atoms with E-state index < -0.39 is 262 Å². The molecule has 15 rings (SSSR count). The van der Waals surface area contributed by atoms with Gasteiger partial charge in [0.15, 0.2) is 0 Å². The second-order valence-corrected chi connectivity index (χ2v) is 24.9. The molecule has 5 saturated heterocycles. The number of likely N-dealkylation sites (N-methyl/N-ethyl adjacent to an activating group) is 5. The number of piperidine rings is 5. The molecule has 624 valence electrons. The van der Waals surface area contributed by atoms with Crippen molar-refractivity contribution in [3.05, 3.63) is 148 Å². The van der Waals surface area contributed by atoms with Gasteiger partial charge in [0, 0.05) is 177 Å². The van der Waals surface area contributed by atoms with Crippen molar-refractivity contribution in [3.63, 3.8) is 0 Å². The summed E-state index contributed by atoms with van der Waals surface area (Å²) in [5.41, 5.74) is 2.17. The lowest BCUT2D eigenvalue weighted by atomic mass is 9.92. The normalized spacial score (nSPS) is 38.2. The average molecular weight is 1680 g/mol. The van der Waals surface area contributed by atoms with E-state index in [1.807, 2.05) is 0 Å². The molecule has 5 fully saturated rings. The van der Waals surface area contributed by atoms with Gasteiger partial charge in [0.25, 0.3) is 32.5 Å². The number of rotatable bonds is 15. The summed E-state index contributed by atoms with van der Waals surface area (Å²) >= 11 is 0. The van der Waals surface area contributed by atoms with E-state index in [4.69, 9.17) is 114 Å². The quantitative estimate of drug-likeness (QED) is 0.0597. The molecule has 35 heteroatoms. The summed E-state index contributed by atoms with van der Waals surface area (Å²) < 4.78 is 496. The van der Waals surface area contributed by atoms with E-state index >= 15 is 0 Å². The molecular weight excluding hydrogens is 1510 g/mol. The van der Waals surface area contributed by atoms with Crippen LogP contribution in [0, 0.1) is 90.1 Å². The Balaban J connectivity index is 0.000000208. The Labute approximate surface area is 778 Å². The number of hydrogen-bond donors (Lipinski definition) is 5. The fourth-order valence-electron chi connectivity index (χ4n) is 11.4. The van der Waals surface area contributed by atoms with Gasteiger partial charge in [-0.1, -0.05) is 34.4 Å². The number of likely N-dealkylation sites (tertiary alicyclic amines) is 5. The van der Waals surface area contributed by atoms with E-state index in [-0.39, 0.29) is 122 Å². The summed E-state index contributed by atoms with van der Waals surface area (Å²) in [6.45, 7) is -25.3. The van der Waals surface area contributed by atoms with Crippen molar-refractivity contribution in [2.75, 3.05) is 157 Å². The maximum Gasteiger partial charge on any atom is 0.302 e. The fourth-order valence-corrected chi connectivity index (χ4v) is 11.4. The van der Waals surface area contributed by atoms with Crippen LogP contribution in [0.25, 0.3) is 79.4 Å². The molecule has 5 amide bonds. The number of nitrogens with one attached hydrogen (secondary N) is 5. The zero-order valence-corrected chi connectivity index (χ0v) is 63.7. The van der Waals surface area contributed by atoms with Crippen molar-refractivity contribution in [1.82, 2.24) is 99.3 Å². The third kappa shape index (κ3) is 20.1. The Morgan fingerprint density at radius 1 is 0.420 bits per heavy atom. The maximum absolute atomic E-state index is 13.1. The van der Waals surface area contributed by atoms with Crippen LogP contribution in [0.2, 0.25) is 0 Å². The van der Waals surface area contributed by atoms with Crippen molar-refractivity contribution in [3.8, 4) is 0 Å². The fraction of sp³-hybridized carbons (Fsp3) is 0.524. The van der Waals surface area contributed by atoms with Crippen molar-refractivity contribution in [1.29, 1.82) is 0 Å². The molecule has 5 aliphatic rings. The summed E-state index contributed by atoms with van der Waals surface area (Å²) in [7, 11) is 4.80. The molecule has 5 N–H and O–H groups in total. The molecule has 0 spiro atoms. The van der Waals surface area contributed by atoms with Gasteiger partial charge in [0.05, 0.1) is 77.7 Å². The number of aromatic amines is 5. The van der Waals surface area contributed by atoms with Crippen LogP contribution >= 0.6 is 0 Å². The molecule has 15 heterocycles. The minimum absolute atomic E-state index is 0.0314. The highest BCUT2D eigenvalue weighted by Gasteiger charge is 2.39. The van der Waals surface area contributed by atoms with E-state index in [1.54, 1.807) is 20.8 Å². The van der Waals surface area contributed by atoms with Gasteiger partial charge in [0.1, 0.15) is 103 Å². The Hall–Kier alpha value is -13.1. The highest BCUT2D eigenvalue weighted by molar-refractivity contribution is 5.92. The van der Waals surface area contributed by atoms with Gasteiger partial charge in [-0.3, -0.25) is 24.0 Å². The SMILES string of the molecule is [2H]C([2H])([N+]#[C-])C(=O)N1C([2H])([2H])C([2H])([2H])[C@@]([2H])(C([2H])([2H])[2H])[C@@]([2H])(N(c2ncnc3[nH]ccc23)C([2H])([2H])[2H])C1([2H])[2H].[2H]c1c(C)[nH]c2ncnc(N(C)[C@@H]3[C@H](C([2H])([2H])[2H])C([2H])([2H])C([2H])([2H])N(C(=O)C([2H])([2H])[N+]#[C-])C3([2H])[2H])c12.[2H]c1c(C)[nH]c2ncnc(N(C)[C@@H]3[C@H](C)C([2H])([2H])C([2H])([2H])N(C(=O)C([2H])([2H])[N+]#[C-])C3([2H])[2H])c12.[2H]c1c(C)[nH]c2ncnc(N(C)[C@H]3C([2H])([2H])N(C(=O)C([2H])([2H])[N+]#[C-])C([2H])([2H])C([2H])([2H])[C@@]3([2H])C([2H])([2H])[2H])c12.[2H]c1c(C)[nH]c2ncnc(N(C)[C@H]3C([2H])([2H])N(C(=O)C([2H])([2H])[N+]#[C-])C([2H])([2H])C([2H])([2H])[C@@]3([2H])C)c12. The van der Waals surface area contributed by atoms with Crippen LogP contribution in [0.4, 0.5) is 29.1 Å². The molecule has 10 aromatic heterocycles. The van der Waals surface area contributed by atoms with Gasteiger partial charge in [-0.25, -0.2) is 82.7 Å². The first kappa shape index (κ1) is 37.7. The predicted molar refractivity (Wildman–Crippen MR) is 458 cm³/mol. The van der Waals surface area contributed by atoms with Crippen molar-refractivity contribution in [2.24, 2.45) is 29.5 Å². The zero-order chi connectivity index (χ0) is 138. The summed E-state index contributed by atoms with van der Waals surface area (Å²) in [6, 6.07) is -11.7. The number of carbonyl (C=O) groups excluding carboxylic acids is 5. The average Bonchev–Trinajstić information content (AvgIpc) is 0.959. The van der Waals surface area contributed by atoms with Gasteiger partial charge in [-0.05, 0) is 119 Å². The van der Waals surface area contributed by atoms with E-state index in [2.05, 4.69) is 99.0 Å². The third-order valence-electron chi connectivity index (χ3n) is 16.9. The van der Waals surface area contributed by atoms with Crippen molar-refractivity contribution < 1.29 is 106 Å². The number of H-pyrrole nitrogens is 5. The van der Waals surface area contributed by atoms with Crippen LogP contribution in [0.3, 0.4) is 0 Å². The highest BCUT2D eigenvalue weighted by atomic mass is 16.2. The number of aromatic nitrogens is 15. The summed E-state index contributed by atoms with van der Waals surface area (Å²) in [4.78, 5) is 133. The Morgan fingerprint density at radius 3 is 1.08 bits per heavy atom. The molecule has 35 nitrogen and oxygen atoms in total. The van der Waals surface area contributed by atoms with Crippen LogP contribution < -0.4 is 24.5 Å². The number of aryl methyl sites for hydroxylation is 4. The summed E-state index contributed by atoms with van der Waals surface area (Å²) in [5.74, 6) is -26.1. The van der Waals surface area contributed by atoms with Crippen molar-refractivity contribution in [2.45, 2.75) is 124 Å². The standard InChI is InChI=1S/4C17H22N6O.C16H20N6O/c4*1-11-5-6-23(15(24)8-18-3)9-14(11)22(4)17-13-7-12(2)21-16(13)19-10-20-17;1-11-5-7-22(14(23)8-17-2)9-13(11)21(3)16-12-4-6-18-15(12)19-10-20-16/h4*7,10-11,14H,5-6,8-9H2,1-2,4H3,(H,19,20,21);4,6,10-11,13H,5,7-9H2,1,3H3,(H,18,19,20)/t4*11-,14+;11-,13+/m11111/s1/i1D3,5D2,6D2,7D,8D2,9D2,11D;5D2,6D2,7D,8D2,9D2,11D;1D3,5D2,6D2,7D,8D2,9D2;5D2,6D2,7D,8D2,9D2;1D3,3D3,5D2,7D2,8D2,9D2,11D,13D. The molecule has 5 aliphatic heterocycles. The summed E-state index contributed by atoms with van der Waals surface area (Å²) in [6.07, 6.45) is -11.5. The van der Waals surface area contributed by atoms with E-state index in [0.29, 0.717) is 22.8 Å². The molecule has 0 radical (unpaired) electrons. The molecule has 0 bridgehead atoms. The Morgan fingerprint density at radius 2 is 0.723 bits per heavy atom. The van der Waals surface area contributed by atoms with Crippen LogP contribution in [0.15, 0.2) is 68.1 Å². The first-order valence-corrected chi connectivity index (χ1v) is 34.1. The number of amides is 5. The summed E-state index contributed by atoms with van der Waals surface area (Å²) in [5, 5.41) is 0.102. The van der Waals surface area contributed by atoms with Gasteiger partial charge >= 0.3 is 29.5 Å². The van der Waals surface area contributed by atoms with Crippen LogP contribution in [-0.4, -0.2) is 292 Å². The second kappa shape index (κ2) is 39.2. The van der Waals surface area contributed by atoms with Gasteiger partial charge in [-0.15, -0.1) is 0 Å². The molecule has 10 aromatic rings. The predicted octanol–water partition coefficient (Wildman–Crippen LogP) is 8.99. The van der Waals surface area contributed by atoms with Crippen molar-refractivity contribution >= 4 is 114 Å². The number of nitrogens with zero attached hydrogens (tertiary/aromatic N) is 25. The number of anilines is 5. The number of fused-ring (bicyclic) bond motifs is 5. The molecule has 0 aromatic carbocycles. The van der Waals surface area contributed by atoms with Gasteiger partial charge in [-0.2, -0.15) is 0 Å². The van der Waals surface area contributed by atoms with E-state index in [1.165, 1.54) is 45.4 Å². The molecule has 0 saturated carbocycles. The lowest BCUT2D eigenvalue weighted by molar-refractivity contribution is -0.131.